The van der Waals surface area contributed by atoms with Gasteiger partial charge in [0.1, 0.15) is 5.75 Å². The Morgan fingerprint density at radius 3 is 2.66 bits per heavy atom. The maximum absolute atomic E-state index is 12.9. The zero-order chi connectivity index (χ0) is 24.6. The summed E-state index contributed by atoms with van der Waals surface area (Å²) in [7, 11) is 0. The fourth-order valence-corrected chi connectivity index (χ4v) is 5.66. The van der Waals surface area contributed by atoms with Crippen molar-refractivity contribution >= 4 is 17.5 Å². The smallest absolute Gasteiger partial charge is 0.417 e. The van der Waals surface area contributed by atoms with E-state index in [0.29, 0.717) is 46.9 Å². The van der Waals surface area contributed by atoms with Crippen LogP contribution in [0.3, 0.4) is 0 Å². The van der Waals surface area contributed by atoms with Crippen LogP contribution in [0.4, 0.5) is 13.2 Å². The van der Waals surface area contributed by atoms with Crippen molar-refractivity contribution in [3.05, 3.63) is 65.1 Å². The van der Waals surface area contributed by atoms with Gasteiger partial charge in [-0.1, -0.05) is 11.6 Å². The number of pyridine rings is 1. The largest absolute Gasteiger partial charge is 0.480 e. The van der Waals surface area contributed by atoms with E-state index in [0.717, 1.165) is 12.3 Å². The Balaban J connectivity index is 1.09. The van der Waals surface area contributed by atoms with Gasteiger partial charge in [-0.3, -0.25) is 14.5 Å². The number of carbonyl (C=O) groups is 1. The summed E-state index contributed by atoms with van der Waals surface area (Å²) in [6.07, 6.45) is 0.319. The van der Waals surface area contributed by atoms with E-state index in [2.05, 4.69) is 15.4 Å². The van der Waals surface area contributed by atoms with Crippen molar-refractivity contribution in [2.75, 3.05) is 0 Å². The zero-order valence-corrected chi connectivity index (χ0v) is 19.0. The molecule has 4 aliphatic rings. The number of hydrogen-bond donors (Lipinski definition) is 2. The molecule has 7 rings (SSSR count). The summed E-state index contributed by atoms with van der Waals surface area (Å²) in [6, 6.07) is 7.27. The third kappa shape index (κ3) is 3.66. The van der Waals surface area contributed by atoms with Gasteiger partial charge in [0.2, 0.25) is 0 Å². The Labute approximate surface area is 202 Å². The number of halogens is 4. The molecule has 0 unspecified atom stereocenters. The monoisotopic (exact) mass is 504 g/mol. The Kier molecular flexibility index (Phi) is 4.76. The van der Waals surface area contributed by atoms with E-state index < -0.39 is 23.9 Å². The first-order valence-corrected chi connectivity index (χ1v) is 11.5. The molecule has 2 bridgehead atoms. The molecule has 2 atom stereocenters. The summed E-state index contributed by atoms with van der Waals surface area (Å²) in [6.45, 7) is 0. The van der Waals surface area contributed by atoms with Gasteiger partial charge in [-0.15, -0.1) is 0 Å². The van der Waals surface area contributed by atoms with Gasteiger partial charge in [-0.05, 0) is 49.6 Å². The Morgan fingerprint density at radius 1 is 1.20 bits per heavy atom. The standard InChI is InChI=1S/C24H20ClF3N4O3/c25-15-2-4-19-16(5-15)18(33)6-20(35-19)21(34)31-22-10-23(11-22,12-22)32-9-13(7-30-32)17-3-1-14(8-29-17)24(26,27)28/h1-5,7-9,18,20,33H,6,10-12H2,(H,31,34)/t18-,20+,22?,23?/m1/s1. The SMILES string of the molecule is O=C(NC12CC(n3cc(-c4ccc(C(F)(F)F)cn4)cn3)(C1)C2)[C@@H]1C[C@@H](O)c2cc(Cl)ccc2O1. The second-order valence-electron chi connectivity index (χ2n) is 9.67. The molecule has 11 heteroatoms. The summed E-state index contributed by atoms with van der Waals surface area (Å²) in [5.74, 6) is 0.177. The van der Waals surface area contributed by atoms with Gasteiger partial charge < -0.3 is 15.2 Å². The highest BCUT2D eigenvalue weighted by Gasteiger charge is 2.70. The molecule has 1 aliphatic heterocycles. The van der Waals surface area contributed by atoms with Crippen molar-refractivity contribution in [2.24, 2.45) is 0 Å². The highest BCUT2D eigenvalue weighted by molar-refractivity contribution is 6.30. The van der Waals surface area contributed by atoms with Crippen LogP contribution in [-0.2, 0) is 16.5 Å². The first kappa shape index (κ1) is 22.4. The minimum atomic E-state index is -4.43. The molecule has 35 heavy (non-hydrogen) atoms. The molecular formula is C24H20ClF3N4O3. The van der Waals surface area contributed by atoms with Gasteiger partial charge in [0.05, 0.1) is 29.1 Å². The minimum absolute atomic E-state index is 0.142. The zero-order valence-electron chi connectivity index (χ0n) is 18.2. The average molecular weight is 505 g/mol. The van der Waals surface area contributed by atoms with Crippen LogP contribution in [0.25, 0.3) is 11.3 Å². The fraction of sp³-hybridized carbons (Fsp3) is 0.375. The first-order chi connectivity index (χ1) is 16.6. The van der Waals surface area contributed by atoms with E-state index in [1.165, 1.54) is 6.07 Å². The van der Waals surface area contributed by atoms with Crippen LogP contribution in [-0.4, -0.2) is 37.4 Å². The minimum Gasteiger partial charge on any atom is -0.480 e. The highest BCUT2D eigenvalue weighted by atomic mass is 35.5. The van der Waals surface area contributed by atoms with E-state index in [9.17, 15) is 23.1 Å². The van der Waals surface area contributed by atoms with E-state index in [-0.39, 0.29) is 23.4 Å². The number of aliphatic hydroxyl groups excluding tert-OH is 1. The summed E-state index contributed by atoms with van der Waals surface area (Å²) >= 11 is 5.98. The third-order valence-corrected chi connectivity index (χ3v) is 7.41. The number of fused-ring (bicyclic) bond motifs is 1. The molecule has 7 nitrogen and oxygen atoms in total. The maximum Gasteiger partial charge on any atom is 0.417 e. The first-order valence-electron chi connectivity index (χ1n) is 11.1. The van der Waals surface area contributed by atoms with Crippen LogP contribution in [0.15, 0.2) is 48.9 Å². The number of aliphatic hydroxyl groups is 1. The van der Waals surface area contributed by atoms with E-state index >= 15 is 0 Å². The molecule has 2 N–H and O–H groups in total. The van der Waals surface area contributed by atoms with Crippen molar-refractivity contribution in [3.63, 3.8) is 0 Å². The molecule has 0 saturated heterocycles. The second-order valence-corrected chi connectivity index (χ2v) is 10.1. The van der Waals surface area contributed by atoms with E-state index in [1.807, 2.05) is 4.68 Å². The number of nitrogens with one attached hydrogen (secondary N) is 1. The summed E-state index contributed by atoms with van der Waals surface area (Å²) in [4.78, 5) is 16.8. The van der Waals surface area contributed by atoms with Crippen molar-refractivity contribution < 1.29 is 27.8 Å². The lowest BCUT2D eigenvalue weighted by Gasteiger charge is -2.70. The van der Waals surface area contributed by atoms with Gasteiger partial charge in [0.15, 0.2) is 6.10 Å². The molecule has 3 saturated carbocycles. The molecule has 0 spiro atoms. The van der Waals surface area contributed by atoms with Crippen LogP contribution in [0.5, 0.6) is 5.75 Å². The normalized spacial score (nSPS) is 28.8. The number of amides is 1. The van der Waals surface area contributed by atoms with Crippen molar-refractivity contribution in [1.29, 1.82) is 0 Å². The van der Waals surface area contributed by atoms with Crippen molar-refractivity contribution in [1.82, 2.24) is 20.1 Å². The van der Waals surface area contributed by atoms with Crippen LogP contribution in [0.1, 0.15) is 42.9 Å². The predicted octanol–water partition coefficient (Wildman–Crippen LogP) is 4.25. The molecular weight excluding hydrogens is 485 g/mol. The Morgan fingerprint density at radius 2 is 1.97 bits per heavy atom. The summed E-state index contributed by atoms with van der Waals surface area (Å²) < 4.78 is 46.0. The molecule has 1 aromatic carbocycles. The van der Waals surface area contributed by atoms with Crippen molar-refractivity contribution in [3.8, 4) is 17.0 Å². The van der Waals surface area contributed by atoms with Gasteiger partial charge in [-0.2, -0.15) is 18.3 Å². The number of alkyl halides is 3. The summed E-state index contributed by atoms with van der Waals surface area (Å²) in [5, 5.41) is 18.4. The van der Waals surface area contributed by atoms with Gasteiger partial charge >= 0.3 is 6.18 Å². The number of carbonyl (C=O) groups excluding carboxylic acids is 1. The van der Waals surface area contributed by atoms with Crippen LogP contribution in [0.2, 0.25) is 5.02 Å². The molecule has 3 aromatic rings. The average Bonchev–Trinajstić information content (AvgIpc) is 3.25. The Hall–Kier alpha value is -3.11. The van der Waals surface area contributed by atoms with Crippen molar-refractivity contribution in [2.45, 2.75) is 55.1 Å². The molecule has 1 amide bonds. The van der Waals surface area contributed by atoms with Gasteiger partial charge in [0, 0.05) is 40.5 Å². The number of aromatic nitrogens is 3. The van der Waals surface area contributed by atoms with Gasteiger partial charge in [0.25, 0.3) is 5.91 Å². The number of rotatable bonds is 4. The van der Waals surface area contributed by atoms with E-state index in [1.54, 1.807) is 30.6 Å². The number of nitrogens with zero attached hydrogens (tertiary/aromatic N) is 3. The van der Waals surface area contributed by atoms with Gasteiger partial charge in [-0.25, -0.2) is 0 Å². The lowest BCUT2D eigenvalue weighted by atomic mass is 9.44. The maximum atomic E-state index is 12.9. The van der Waals surface area contributed by atoms with E-state index in [4.69, 9.17) is 16.3 Å². The third-order valence-electron chi connectivity index (χ3n) is 7.18. The molecule has 3 fully saturated rings. The number of hydrogen-bond acceptors (Lipinski definition) is 5. The Bertz CT molecular complexity index is 1300. The quantitative estimate of drug-likeness (QED) is 0.554. The lowest BCUT2D eigenvalue weighted by molar-refractivity contribution is -0.165. The van der Waals surface area contributed by atoms with Crippen LogP contribution in [0, 0.1) is 0 Å². The molecule has 182 valence electrons. The number of ether oxygens (including phenoxy) is 1. The lowest BCUT2D eigenvalue weighted by Crippen LogP contribution is -2.79. The molecule has 3 aliphatic carbocycles. The van der Waals surface area contributed by atoms with Crippen LogP contribution < -0.4 is 10.1 Å². The second kappa shape index (κ2) is 7.44. The molecule has 2 aromatic heterocycles. The van der Waals surface area contributed by atoms with Crippen LogP contribution >= 0.6 is 11.6 Å². The fourth-order valence-electron chi connectivity index (χ4n) is 5.48. The molecule has 3 heterocycles. The topological polar surface area (TPSA) is 89.3 Å². The molecule has 0 radical (unpaired) electrons. The highest BCUT2D eigenvalue weighted by Crippen LogP contribution is 2.65. The number of benzene rings is 1. The summed E-state index contributed by atoms with van der Waals surface area (Å²) in [5.41, 5.74) is 0.242. The predicted molar refractivity (Wildman–Crippen MR) is 119 cm³/mol.